The molecule has 2 rings (SSSR count). The maximum Gasteiger partial charge on any atom is 0.149 e. The molecule has 0 spiro atoms. The van der Waals surface area contributed by atoms with E-state index in [2.05, 4.69) is 21.5 Å². The van der Waals surface area contributed by atoms with Crippen LogP contribution in [0.15, 0.2) is 31.2 Å². The van der Waals surface area contributed by atoms with Gasteiger partial charge in [0, 0.05) is 11.8 Å². The molecule has 2 heterocycles. The van der Waals surface area contributed by atoms with E-state index in [1.165, 1.54) is 24.5 Å². The summed E-state index contributed by atoms with van der Waals surface area (Å²) in [5.74, 6) is -0.126. The molecule has 0 atom stereocenters. The van der Waals surface area contributed by atoms with Gasteiger partial charge in [-0.25, -0.2) is 14.4 Å². The third-order valence-corrected chi connectivity index (χ3v) is 2.02. The summed E-state index contributed by atoms with van der Waals surface area (Å²) in [4.78, 5) is 11.9. The number of hydrogen-bond donors (Lipinski definition) is 1. The van der Waals surface area contributed by atoms with Gasteiger partial charge in [0.05, 0.1) is 18.1 Å². The van der Waals surface area contributed by atoms with Crippen LogP contribution in [0, 0.1) is 5.82 Å². The second kappa shape index (κ2) is 4.06. The second-order valence-electron chi connectivity index (χ2n) is 3.12. The fourth-order valence-corrected chi connectivity index (χ4v) is 1.25. The van der Waals surface area contributed by atoms with Crippen molar-refractivity contribution in [3.05, 3.63) is 42.7 Å². The van der Waals surface area contributed by atoms with E-state index in [4.69, 9.17) is 5.73 Å². The van der Waals surface area contributed by atoms with Crippen molar-refractivity contribution in [2.75, 3.05) is 5.73 Å². The fourth-order valence-electron chi connectivity index (χ4n) is 1.25. The van der Waals surface area contributed by atoms with Crippen LogP contribution in [0.3, 0.4) is 0 Å². The second-order valence-corrected chi connectivity index (χ2v) is 3.12. The fraction of sp³-hybridized carbons (Fsp3) is 0. The Balaban J connectivity index is 2.52. The summed E-state index contributed by atoms with van der Waals surface area (Å²) in [7, 11) is 0. The van der Waals surface area contributed by atoms with Crippen molar-refractivity contribution < 1.29 is 4.39 Å². The molecule has 16 heavy (non-hydrogen) atoms. The van der Waals surface area contributed by atoms with Gasteiger partial charge in [-0.3, -0.25) is 4.98 Å². The zero-order valence-electron chi connectivity index (χ0n) is 8.39. The van der Waals surface area contributed by atoms with Crippen LogP contribution in [0.5, 0.6) is 0 Å². The number of anilines is 1. The van der Waals surface area contributed by atoms with Gasteiger partial charge in [-0.05, 0) is 12.1 Å². The highest BCUT2D eigenvalue weighted by Crippen LogP contribution is 2.18. The van der Waals surface area contributed by atoms with Crippen LogP contribution in [-0.4, -0.2) is 15.0 Å². The first kappa shape index (κ1) is 10.2. The number of hydrogen-bond acceptors (Lipinski definition) is 4. The van der Waals surface area contributed by atoms with Crippen LogP contribution >= 0.6 is 0 Å². The van der Waals surface area contributed by atoms with E-state index < -0.39 is 5.82 Å². The Morgan fingerprint density at radius 2 is 2.12 bits per heavy atom. The van der Waals surface area contributed by atoms with E-state index in [-0.39, 0.29) is 0 Å². The minimum absolute atomic E-state index is 0.295. The van der Waals surface area contributed by atoms with Gasteiger partial charge in [0.25, 0.3) is 0 Å². The van der Waals surface area contributed by atoms with Crippen LogP contribution in [0.25, 0.3) is 17.3 Å². The predicted octanol–water partition coefficient (Wildman–Crippen LogP) is 1.90. The van der Waals surface area contributed by atoms with Crippen molar-refractivity contribution in [3.8, 4) is 11.3 Å². The molecule has 0 aliphatic heterocycles. The van der Waals surface area contributed by atoms with Crippen LogP contribution < -0.4 is 5.73 Å². The molecule has 0 aliphatic carbocycles. The molecule has 2 aromatic heterocycles. The lowest BCUT2D eigenvalue weighted by molar-refractivity contribution is 0.622. The molecule has 2 N–H and O–H groups in total. The topological polar surface area (TPSA) is 64.7 Å². The quantitative estimate of drug-likeness (QED) is 0.832. The van der Waals surface area contributed by atoms with E-state index in [0.29, 0.717) is 22.8 Å². The highest BCUT2D eigenvalue weighted by Gasteiger charge is 2.05. The molecular formula is C11H9FN4. The summed E-state index contributed by atoms with van der Waals surface area (Å²) in [6, 6.07) is 1.33. The van der Waals surface area contributed by atoms with Crippen LogP contribution in [0.2, 0.25) is 0 Å². The minimum atomic E-state index is -0.420. The first-order chi connectivity index (χ1) is 7.70. The summed E-state index contributed by atoms with van der Waals surface area (Å²) in [6.45, 7) is 3.57. The average Bonchev–Trinajstić information content (AvgIpc) is 2.29. The Bertz CT molecular complexity index is 539. The van der Waals surface area contributed by atoms with E-state index >= 15 is 0 Å². The van der Waals surface area contributed by atoms with E-state index in [1.54, 1.807) is 0 Å². The normalized spacial score (nSPS) is 10.1. The molecule has 4 nitrogen and oxygen atoms in total. The van der Waals surface area contributed by atoms with Crippen molar-refractivity contribution in [2.24, 2.45) is 0 Å². The lowest BCUT2D eigenvalue weighted by atomic mass is 10.2. The lowest BCUT2D eigenvalue weighted by Gasteiger charge is -2.03. The maximum absolute atomic E-state index is 13.0. The highest BCUT2D eigenvalue weighted by molar-refractivity contribution is 5.63. The van der Waals surface area contributed by atoms with E-state index in [0.717, 1.165) is 6.20 Å². The third-order valence-electron chi connectivity index (χ3n) is 2.02. The zero-order valence-corrected chi connectivity index (χ0v) is 8.39. The molecule has 0 aromatic carbocycles. The molecule has 0 unspecified atom stereocenters. The van der Waals surface area contributed by atoms with E-state index in [1.807, 2.05) is 0 Å². The summed E-state index contributed by atoms with van der Waals surface area (Å²) >= 11 is 0. The van der Waals surface area contributed by atoms with Crippen molar-refractivity contribution in [3.63, 3.8) is 0 Å². The predicted molar refractivity (Wildman–Crippen MR) is 59.7 cm³/mol. The van der Waals surface area contributed by atoms with Crippen LogP contribution in [0.4, 0.5) is 10.2 Å². The summed E-state index contributed by atoms with van der Waals surface area (Å²) in [6.07, 6.45) is 5.61. The Kier molecular flexibility index (Phi) is 2.59. The SMILES string of the molecule is C=Cc1nc(-c2cncc(F)c2)cnc1N. The molecule has 0 radical (unpaired) electrons. The van der Waals surface area contributed by atoms with Gasteiger partial charge >= 0.3 is 0 Å². The lowest BCUT2D eigenvalue weighted by Crippen LogP contribution is -1.98. The molecule has 0 aliphatic rings. The standard InChI is InChI=1S/C11H9FN4/c1-2-9-11(13)15-6-10(16-9)7-3-8(12)5-14-4-7/h2-6H,1H2,(H2,13,15). The number of halogens is 1. The molecule has 0 bridgehead atoms. The molecule has 0 saturated heterocycles. The molecule has 80 valence electrons. The monoisotopic (exact) mass is 216 g/mol. The Hall–Kier alpha value is -2.30. The van der Waals surface area contributed by atoms with Crippen LogP contribution in [0.1, 0.15) is 5.69 Å². The van der Waals surface area contributed by atoms with Gasteiger partial charge in [-0.2, -0.15) is 0 Å². The number of nitrogens with zero attached hydrogens (tertiary/aromatic N) is 3. The summed E-state index contributed by atoms with van der Waals surface area (Å²) < 4.78 is 13.0. The number of pyridine rings is 1. The van der Waals surface area contributed by atoms with Gasteiger partial charge in [-0.1, -0.05) is 6.58 Å². The number of nitrogen functional groups attached to an aromatic ring is 1. The van der Waals surface area contributed by atoms with Gasteiger partial charge in [0.2, 0.25) is 0 Å². The minimum Gasteiger partial charge on any atom is -0.382 e. The van der Waals surface area contributed by atoms with Crippen molar-refractivity contribution in [1.29, 1.82) is 0 Å². The zero-order chi connectivity index (χ0) is 11.5. The van der Waals surface area contributed by atoms with Gasteiger partial charge in [0.1, 0.15) is 17.3 Å². The van der Waals surface area contributed by atoms with Crippen molar-refractivity contribution in [2.45, 2.75) is 0 Å². The summed E-state index contributed by atoms with van der Waals surface area (Å²) in [5, 5.41) is 0. The number of aromatic nitrogens is 3. The van der Waals surface area contributed by atoms with Crippen LogP contribution in [-0.2, 0) is 0 Å². The molecule has 5 heteroatoms. The molecular weight excluding hydrogens is 207 g/mol. The van der Waals surface area contributed by atoms with E-state index in [9.17, 15) is 4.39 Å². The van der Waals surface area contributed by atoms with Gasteiger partial charge in [-0.15, -0.1) is 0 Å². The highest BCUT2D eigenvalue weighted by atomic mass is 19.1. The molecule has 2 aromatic rings. The van der Waals surface area contributed by atoms with Crippen molar-refractivity contribution in [1.82, 2.24) is 15.0 Å². The van der Waals surface area contributed by atoms with Crippen molar-refractivity contribution >= 4 is 11.9 Å². The molecule has 0 saturated carbocycles. The van der Waals surface area contributed by atoms with Gasteiger partial charge in [0.15, 0.2) is 0 Å². The molecule has 0 fully saturated rings. The van der Waals surface area contributed by atoms with Gasteiger partial charge < -0.3 is 5.73 Å². The average molecular weight is 216 g/mol. The molecule has 0 amide bonds. The smallest absolute Gasteiger partial charge is 0.149 e. The largest absolute Gasteiger partial charge is 0.382 e. The Morgan fingerprint density at radius 1 is 1.31 bits per heavy atom. The number of nitrogens with two attached hydrogens (primary N) is 1. The Morgan fingerprint density at radius 3 is 2.81 bits per heavy atom. The Labute approximate surface area is 91.7 Å². The first-order valence-corrected chi connectivity index (χ1v) is 4.56. The summed E-state index contributed by atoms with van der Waals surface area (Å²) in [5.41, 5.74) is 7.11. The third kappa shape index (κ3) is 1.88. The number of rotatable bonds is 2. The first-order valence-electron chi connectivity index (χ1n) is 4.56. The maximum atomic E-state index is 13.0.